The van der Waals surface area contributed by atoms with Gasteiger partial charge in [0.05, 0.1) is 29.1 Å². The highest BCUT2D eigenvalue weighted by Gasteiger charge is 2.67. The summed E-state index contributed by atoms with van der Waals surface area (Å²) in [6.07, 6.45) is -1.18. The molecule has 0 heterocycles. The Morgan fingerprint density at radius 2 is 1.70 bits per heavy atom. The van der Waals surface area contributed by atoms with Gasteiger partial charge in [0, 0.05) is 23.6 Å². The molecular formula is C31H18Cl3F6N3O3. The maximum absolute atomic E-state index is 15.5. The third kappa shape index (κ3) is 6.95. The molecule has 1 aliphatic rings. The van der Waals surface area contributed by atoms with Crippen LogP contribution >= 0.6 is 34.8 Å². The van der Waals surface area contributed by atoms with Crippen molar-refractivity contribution < 1.29 is 40.7 Å². The fraction of sp³-hybridized carbons (Fsp3) is 0.226. The highest BCUT2D eigenvalue weighted by molar-refractivity contribution is 6.53. The topological polar surface area (TPSA) is 90.3 Å². The number of hydrogen-bond donors (Lipinski definition) is 1. The Labute approximate surface area is 272 Å². The zero-order chi connectivity index (χ0) is 34.1. The number of rotatable bonds is 9. The van der Waals surface area contributed by atoms with Gasteiger partial charge in [-0.05, 0) is 47.5 Å². The molecule has 15 heteroatoms. The van der Waals surface area contributed by atoms with Crippen molar-refractivity contribution in [1.29, 1.82) is 5.26 Å². The molecule has 3 aromatic carbocycles. The number of carbonyl (C=O) groups is 3. The highest BCUT2D eigenvalue weighted by atomic mass is 35.5. The minimum atomic E-state index is -5.01. The Bertz CT molecular complexity index is 1830. The molecule has 238 valence electrons. The maximum Gasteiger partial charge on any atom is 0.419 e. The molecular weight excluding hydrogens is 683 g/mol. The molecule has 0 unspecified atom stereocenters. The first-order chi connectivity index (χ1) is 21.5. The molecule has 0 aromatic heterocycles. The van der Waals surface area contributed by atoms with Crippen molar-refractivity contribution in [2.45, 2.75) is 29.3 Å². The van der Waals surface area contributed by atoms with Crippen molar-refractivity contribution in [3.8, 4) is 18.4 Å². The van der Waals surface area contributed by atoms with E-state index in [9.17, 15) is 36.3 Å². The third-order valence-corrected chi connectivity index (χ3v) is 8.34. The molecule has 1 saturated carbocycles. The van der Waals surface area contributed by atoms with Crippen LogP contribution in [0.2, 0.25) is 5.02 Å². The Morgan fingerprint density at radius 1 is 1.02 bits per heavy atom. The summed E-state index contributed by atoms with van der Waals surface area (Å²) < 4.78 is 81.7. The first kappa shape index (κ1) is 34.6. The van der Waals surface area contributed by atoms with E-state index >= 15 is 4.39 Å². The first-order valence-corrected chi connectivity index (χ1v) is 14.1. The van der Waals surface area contributed by atoms with Crippen LogP contribution in [-0.2, 0) is 22.2 Å². The number of terminal acetylenes is 1. The number of anilines is 2. The van der Waals surface area contributed by atoms with Gasteiger partial charge in [0.1, 0.15) is 28.1 Å². The summed E-state index contributed by atoms with van der Waals surface area (Å²) in [4.78, 5) is 39.1. The van der Waals surface area contributed by atoms with Crippen LogP contribution in [-0.4, -0.2) is 28.5 Å². The van der Waals surface area contributed by atoms with E-state index < -0.39 is 88.0 Å². The molecule has 1 aliphatic carbocycles. The minimum absolute atomic E-state index is 0.00909. The molecule has 0 radical (unpaired) electrons. The summed E-state index contributed by atoms with van der Waals surface area (Å²) >= 11 is 18.7. The number of alkyl halides is 5. The smallest absolute Gasteiger partial charge is 0.326 e. The van der Waals surface area contributed by atoms with Crippen LogP contribution in [0, 0.1) is 47.0 Å². The molecule has 0 spiro atoms. The molecule has 2 amide bonds. The molecule has 4 rings (SSSR count). The average molecular weight is 701 g/mol. The number of carbonyl (C=O) groups excluding carboxylic acids is 3. The molecule has 2 atom stereocenters. The van der Waals surface area contributed by atoms with Gasteiger partial charge in [0.2, 0.25) is 11.8 Å². The van der Waals surface area contributed by atoms with E-state index in [1.54, 1.807) is 6.07 Å². The van der Waals surface area contributed by atoms with Gasteiger partial charge < -0.3 is 5.32 Å². The van der Waals surface area contributed by atoms with E-state index in [0.717, 1.165) is 24.3 Å². The summed E-state index contributed by atoms with van der Waals surface area (Å²) in [5.74, 6) is -6.86. The van der Waals surface area contributed by atoms with Crippen molar-refractivity contribution in [3.63, 3.8) is 0 Å². The second-order valence-corrected chi connectivity index (χ2v) is 11.9. The second kappa shape index (κ2) is 13.2. The van der Waals surface area contributed by atoms with Gasteiger partial charge in [-0.2, -0.15) is 18.4 Å². The molecule has 6 nitrogen and oxygen atoms in total. The summed E-state index contributed by atoms with van der Waals surface area (Å²) in [5.41, 5.74) is -3.07. The maximum atomic E-state index is 15.5. The molecule has 46 heavy (non-hydrogen) atoms. The monoisotopic (exact) mass is 699 g/mol. The second-order valence-electron chi connectivity index (χ2n) is 10.0. The summed E-state index contributed by atoms with van der Waals surface area (Å²) in [7, 11) is 0. The van der Waals surface area contributed by atoms with E-state index in [0.29, 0.717) is 17.0 Å². The number of nitrogens with zero attached hydrogens (tertiary/aromatic N) is 2. The van der Waals surface area contributed by atoms with Gasteiger partial charge in [-0.1, -0.05) is 29.7 Å². The van der Waals surface area contributed by atoms with E-state index in [-0.39, 0.29) is 27.4 Å². The molecule has 1 N–H and O–H groups in total. The third-order valence-electron chi connectivity index (χ3n) is 7.07. The summed E-state index contributed by atoms with van der Waals surface area (Å²) in [5, 5.41) is 11.2. The Balaban J connectivity index is 1.56. The molecule has 0 bridgehead atoms. The van der Waals surface area contributed by atoms with Gasteiger partial charge in [-0.25, -0.2) is 13.2 Å². The first-order valence-electron chi connectivity index (χ1n) is 13.0. The Hall–Kier alpha value is -4.23. The molecule has 0 saturated heterocycles. The summed E-state index contributed by atoms with van der Waals surface area (Å²) in [6.45, 7) is -0.558. The van der Waals surface area contributed by atoms with E-state index in [2.05, 4.69) is 11.2 Å². The van der Waals surface area contributed by atoms with Crippen LogP contribution in [0.1, 0.15) is 39.4 Å². The predicted octanol–water partition coefficient (Wildman–Crippen LogP) is 7.61. The normalized spacial score (nSPS) is 16.6. The zero-order valence-electron chi connectivity index (χ0n) is 23.0. The summed E-state index contributed by atoms with van der Waals surface area (Å²) in [6, 6.07) is 9.20. The number of nitriles is 1. The van der Waals surface area contributed by atoms with Crippen molar-refractivity contribution in [3.05, 3.63) is 93.3 Å². The zero-order valence-corrected chi connectivity index (χ0v) is 25.3. The number of hydrogen-bond acceptors (Lipinski definition) is 4. The van der Waals surface area contributed by atoms with Crippen LogP contribution in [0.15, 0.2) is 48.5 Å². The van der Waals surface area contributed by atoms with Crippen LogP contribution in [0.4, 0.5) is 37.7 Å². The number of amides is 2. The van der Waals surface area contributed by atoms with Crippen LogP contribution in [0.25, 0.3) is 0 Å². The van der Waals surface area contributed by atoms with Gasteiger partial charge >= 0.3 is 6.18 Å². The quantitative estimate of drug-likeness (QED) is 0.108. The molecule has 1 fully saturated rings. The number of nitrogens with one attached hydrogen (secondary N) is 1. The van der Waals surface area contributed by atoms with Gasteiger partial charge in [-0.3, -0.25) is 19.3 Å². The van der Waals surface area contributed by atoms with E-state index in [4.69, 9.17) is 46.5 Å². The fourth-order valence-electron chi connectivity index (χ4n) is 4.84. The van der Waals surface area contributed by atoms with Gasteiger partial charge in [0.15, 0.2) is 11.6 Å². The van der Waals surface area contributed by atoms with E-state index in [1.165, 1.54) is 12.1 Å². The van der Waals surface area contributed by atoms with Gasteiger partial charge in [-0.15, -0.1) is 29.6 Å². The Kier molecular flexibility index (Phi) is 9.98. The van der Waals surface area contributed by atoms with Crippen LogP contribution < -0.4 is 10.2 Å². The molecule has 3 aromatic rings. The molecule has 0 aliphatic heterocycles. The largest absolute Gasteiger partial charge is 0.419 e. The Morgan fingerprint density at radius 3 is 2.33 bits per heavy atom. The average Bonchev–Trinajstić information content (AvgIpc) is 3.56. The standard InChI is InChI=1S/C31H18Cl3F6N3O3/c1-2-11-43(24(45)9-10-41)28-22(36)8-4-16(27(28)37)13-23(44)18-14-17(5-6-20(18)32)42-29(46)26-25(30(26,33)34)15-3-7-21(35)19(12-15)31(38,39)40/h1,3-8,12,14,25-26H,9,11,13H2,(H,42,46)/t25-,26+/m0/s1. The lowest BCUT2D eigenvalue weighted by Crippen LogP contribution is -2.32. The number of halogens is 9. The SMILES string of the molecule is C#CCN(C(=O)CC#N)c1c(F)ccc(CC(=O)c2cc(NC(=O)[C@H]3[C@H](c4ccc(F)c(C(F)(F)F)c4)C3(Cl)Cl)ccc2Cl)c1F. The van der Waals surface area contributed by atoms with Crippen molar-refractivity contribution in [1.82, 2.24) is 0 Å². The number of ketones is 1. The lowest BCUT2D eigenvalue weighted by atomic mass is 10.0. The van der Waals surface area contributed by atoms with Gasteiger partial charge in [0.25, 0.3) is 0 Å². The van der Waals surface area contributed by atoms with Crippen LogP contribution in [0.3, 0.4) is 0 Å². The lowest BCUT2D eigenvalue weighted by Gasteiger charge is -2.21. The predicted molar refractivity (Wildman–Crippen MR) is 158 cm³/mol. The highest BCUT2D eigenvalue weighted by Crippen LogP contribution is 2.65. The van der Waals surface area contributed by atoms with E-state index in [1.807, 2.05) is 0 Å². The number of benzene rings is 3. The lowest BCUT2D eigenvalue weighted by molar-refractivity contribution is -0.140. The van der Waals surface area contributed by atoms with Crippen molar-refractivity contribution >= 4 is 63.8 Å². The van der Waals surface area contributed by atoms with Crippen molar-refractivity contribution in [2.75, 3.05) is 16.8 Å². The fourth-order valence-corrected chi connectivity index (χ4v) is 5.89. The van der Waals surface area contributed by atoms with Crippen LogP contribution in [0.5, 0.6) is 0 Å². The van der Waals surface area contributed by atoms with Crippen molar-refractivity contribution in [2.24, 2.45) is 5.92 Å². The minimum Gasteiger partial charge on any atom is -0.326 e. The number of Topliss-reactive ketones (excluding diaryl/α,β-unsaturated/α-hetero) is 1.